The van der Waals surface area contributed by atoms with Crippen LogP contribution in [-0.2, 0) is 11.2 Å². The summed E-state index contributed by atoms with van der Waals surface area (Å²) >= 11 is 0. The standard InChI is InChI=1S/C28H39N7O3/c36-28(24-19-31-25(20-30-24)34-14-17-37-18-15-34)32-23-3-1-21(2-4-23)6-9-33-10-12-35(13-11-33)27-26-22(5-8-29-27)7-16-38-26/h5,8,19-21,23H,1-4,6-7,9-18H2,(H,32,36)/t21-,23-. The van der Waals surface area contributed by atoms with Crippen molar-refractivity contribution in [2.75, 3.05) is 75.4 Å². The molecule has 3 fully saturated rings. The third-order valence-corrected chi connectivity index (χ3v) is 8.50. The van der Waals surface area contributed by atoms with Crippen molar-refractivity contribution in [1.29, 1.82) is 0 Å². The highest BCUT2D eigenvalue weighted by molar-refractivity contribution is 5.92. The number of carbonyl (C=O) groups excluding carboxylic acids is 1. The molecule has 3 aliphatic heterocycles. The number of amides is 1. The van der Waals surface area contributed by atoms with Crippen molar-refractivity contribution in [3.8, 4) is 5.75 Å². The first-order chi connectivity index (χ1) is 18.7. The van der Waals surface area contributed by atoms with E-state index < -0.39 is 0 Å². The zero-order valence-corrected chi connectivity index (χ0v) is 22.2. The molecule has 0 atom stereocenters. The van der Waals surface area contributed by atoms with E-state index >= 15 is 0 Å². The van der Waals surface area contributed by atoms with Crippen LogP contribution in [0.1, 0.15) is 48.2 Å². The van der Waals surface area contributed by atoms with Crippen LogP contribution < -0.4 is 19.9 Å². The van der Waals surface area contributed by atoms with E-state index in [9.17, 15) is 4.79 Å². The molecular formula is C28H39N7O3. The number of nitrogens with zero attached hydrogens (tertiary/aromatic N) is 6. The van der Waals surface area contributed by atoms with Gasteiger partial charge in [-0.05, 0) is 50.6 Å². The third-order valence-electron chi connectivity index (χ3n) is 8.50. The molecule has 0 bridgehead atoms. The Hall–Kier alpha value is -2.98. The molecule has 2 aromatic rings. The molecule has 1 aliphatic carbocycles. The Kier molecular flexibility index (Phi) is 7.87. The molecule has 204 valence electrons. The molecule has 10 heteroatoms. The summed E-state index contributed by atoms with van der Waals surface area (Å²) < 4.78 is 11.3. The van der Waals surface area contributed by atoms with Crippen molar-refractivity contribution < 1.29 is 14.3 Å². The van der Waals surface area contributed by atoms with Crippen LogP contribution in [-0.4, -0.2) is 97.4 Å². The Balaban J connectivity index is 0.898. The lowest BCUT2D eigenvalue weighted by atomic mass is 9.84. The summed E-state index contributed by atoms with van der Waals surface area (Å²) in [5, 5.41) is 3.19. The molecule has 38 heavy (non-hydrogen) atoms. The molecule has 10 nitrogen and oxygen atoms in total. The maximum absolute atomic E-state index is 12.7. The van der Waals surface area contributed by atoms with Crippen LogP contribution in [0.3, 0.4) is 0 Å². The smallest absolute Gasteiger partial charge is 0.271 e. The first kappa shape index (κ1) is 25.3. The van der Waals surface area contributed by atoms with Crippen molar-refractivity contribution in [2.45, 2.75) is 44.6 Å². The monoisotopic (exact) mass is 521 g/mol. The molecule has 2 aromatic heterocycles. The SMILES string of the molecule is O=C(N[C@H]1CC[C@H](CCN2CCN(c3nccc4c3OCC4)CC2)CC1)c1cnc(N2CCOCC2)cn1. The van der Waals surface area contributed by atoms with Crippen molar-refractivity contribution in [3.05, 3.63) is 35.9 Å². The average molecular weight is 522 g/mol. The van der Waals surface area contributed by atoms with Gasteiger partial charge in [-0.2, -0.15) is 0 Å². The minimum Gasteiger partial charge on any atom is -0.489 e. The first-order valence-electron chi connectivity index (χ1n) is 14.3. The fourth-order valence-corrected chi connectivity index (χ4v) is 6.12. The van der Waals surface area contributed by atoms with Crippen LogP contribution in [0.15, 0.2) is 24.7 Å². The van der Waals surface area contributed by atoms with Crippen LogP contribution >= 0.6 is 0 Å². The number of piperazine rings is 1. The number of pyridine rings is 1. The Morgan fingerprint density at radius 2 is 1.74 bits per heavy atom. The van der Waals surface area contributed by atoms with Crippen molar-refractivity contribution in [3.63, 3.8) is 0 Å². The Morgan fingerprint density at radius 1 is 0.921 bits per heavy atom. The number of hydrogen-bond acceptors (Lipinski definition) is 9. The van der Waals surface area contributed by atoms with Gasteiger partial charge >= 0.3 is 0 Å². The highest BCUT2D eigenvalue weighted by Gasteiger charge is 2.27. The van der Waals surface area contributed by atoms with E-state index in [1.807, 2.05) is 6.20 Å². The number of hydrogen-bond donors (Lipinski definition) is 1. The van der Waals surface area contributed by atoms with Gasteiger partial charge in [-0.15, -0.1) is 0 Å². The lowest BCUT2D eigenvalue weighted by Crippen LogP contribution is -2.47. The average Bonchev–Trinajstić information content (AvgIpc) is 3.47. The van der Waals surface area contributed by atoms with Gasteiger partial charge in [-0.1, -0.05) is 0 Å². The van der Waals surface area contributed by atoms with Gasteiger partial charge in [0.1, 0.15) is 11.5 Å². The van der Waals surface area contributed by atoms with Crippen molar-refractivity contribution in [1.82, 2.24) is 25.2 Å². The maximum atomic E-state index is 12.7. The van der Waals surface area contributed by atoms with Gasteiger partial charge < -0.3 is 24.6 Å². The van der Waals surface area contributed by atoms with Crippen LogP contribution in [0.2, 0.25) is 0 Å². The summed E-state index contributed by atoms with van der Waals surface area (Å²) in [5.41, 5.74) is 1.68. The number of anilines is 2. The van der Waals surface area contributed by atoms with E-state index in [0.717, 1.165) is 95.0 Å². The maximum Gasteiger partial charge on any atom is 0.271 e. The fraction of sp³-hybridized carbons (Fsp3) is 0.643. The molecule has 0 unspecified atom stereocenters. The summed E-state index contributed by atoms with van der Waals surface area (Å²) in [5.74, 6) is 3.46. The van der Waals surface area contributed by atoms with Crippen molar-refractivity contribution in [2.24, 2.45) is 5.92 Å². The fourth-order valence-electron chi connectivity index (χ4n) is 6.12. The van der Waals surface area contributed by atoms with Crippen LogP contribution in [0, 0.1) is 5.92 Å². The highest BCUT2D eigenvalue weighted by Crippen LogP contribution is 2.34. The summed E-state index contributed by atoms with van der Waals surface area (Å²) in [4.78, 5) is 33.3. The van der Waals surface area contributed by atoms with E-state index in [0.29, 0.717) is 18.9 Å². The molecular weight excluding hydrogens is 482 g/mol. The molecule has 4 aliphatic rings. The van der Waals surface area contributed by atoms with Gasteiger partial charge in [-0.3, -0.25) is 9.69 Å². The lowest BCUT2D eigenvalue weighted by molar-refractivity contribution is 0.0914. The zero-order chi connectivity index (χ0) is 25.7. The Bertz CT molecular complexity index is 1080. The largest absolute Gasteiger partial charge is 0.489 e. The molecule has 1 amide bonds. The summed E-state index contributed by atoms with van der Waals surface area (Å²) in [6, 6.07) is 2.31. The second-order valence-corrected chi connectivity index (χ2v) is 10.9. The van der Waals surface area contributed by atoms with E-state index in [1.165, 1.54) is 24.8 Å². The second kappa shape index (κ2) is 11.8. The predicted molar refractivity (Wildman–Crippen MR) is 145 cm³/mol. The highest BCUT2D eigenvalue weighted by atomic mass is 16.5. The summed E-state index contributed by atoms with van der Waals surface area (Å²) in [6.45, 7) is 9.09. The number of rotatable bonds is 7. The van der Waals surface area contributed by atoms with E-state index in [-0.39, 0.29) is 11.9 Å². The first-order valence-corrected chi connectivity index (χ1v) is 14.3. The normalized spacial score (nSPS) is 24.1. The van der Waals surface area contributed by atoms with Gasteiger partial charge in [0.2, 0.25) is 0 Å². The van der Waals surface area contributed by atoms with Crippen LogP contribution in [0.5, 0.6) is 5.75 Å². The molecule has 1 N–H and O–H groups in total. The molecule has 0 spiro atoms. The molecule has 0 aromatic carbocycles. The topological polar surface area (TPSA) is 96.0 Å². The number of morpholine rings is 1. The van der Waals surface area contributed by atoms with E-state index in [2.05, 4.69) is 41.0 Å². The number of nitrogens with one attached hydrogen (secondary N) is 1. The third kappa shape index (κ3) is 5.86. The minimum absolute atomic E-state index is 0.115. The number of ether oxygens (including phenoxy) is 2. The van der Waals surface area contributed by atoms with Crippen LogP contribution in [0.25, 0.3) is 0 Å². The molecule has 6 rings (SSSR count). The quantitative estimate of drug-likeness (QED) is 0.588. The predicted octanol–water partition coefficient (Wildman–Crippen LogP) is 2.14. The Labute approximate surface area is 224 Å². The van der Waals surface area contributed by atoms with Gasteiger partial charge in [0.05, 0.1) is 32.2 Å². The summed E-state index contributed by atoms with van der Waals surface area (Å²) in [6.07, 6.45) is 11.9. The molecule has 1 saturated carbocycles. The number of aromatic nitrogens is 3. The number of fused-ring (bicyclic) bond motifs is 1. The summed E-state index contributed by atoms with van der Waals surface area (Å²) in [7, 11) is 0. The molecule has 5 heterocycles. The number of carbonyl (C=O) groups is 1. The minimum atomic E-state index is -0.115. The van der Waals surface area contributed by atoms with Crippen LogP contribution in [0.4, 0.5) is 11.6 Å². The Morgan fingerprint density at radius 3 is 2.50 bits per heavy atom. The van der Waals surface area contributed by atoms with Crippen molar-refractivity contribution >= 4 is 17.5 Å². The molecule has 2 saturated heterocycles. The van der Waals surface area contributed by atoms with Gasteiger partial charge in [0, 0.05) is 63.5 Å². The molecule has 0 radical (unpaired) electrons. The second-order valence-electron chi connectivity index (χ2n) is 10.9. The zero-order valence-electron chi connectivity index (χ0n) is 22.2. The van der Waals surface area contributed by atoms with Gasteiger partial charge in [0.15, 0.2) is 11.6 Å². The lowest BCUT2D eigenvalue weighted by Gasteiger charge is -2.37. The van der Waals surface area contributed by atoms with Gasteiger partial charge in [-0.25, -0.2) is 15.0 Å². The van der Waals surface area contributed by atoms with E-state index in [1.54, 1.807) is 12.4 Å². The van der Waals surface area contributed by atoms with Gasteiger partial charge in [0.25, 0.3) is 5.91 Å². The van der Waals surface area contributed by atoms with E-state index in [4.69, 9.17) is 9.47 Å².